The van der Waals surface area contributed by atoms with E-state index >= 15 is 0 Å². The summed E-state index contributed by atoms with van der Waals surface area (Å²) in [5, 5.41) is 11.0. The maximum atomic E-state index is 12.2. The monoisotopic (exact) mass is 340 g/mol. The van der Waals surface area contributed by atoms with E-state index in [1.54, 1.807) is 6.07 Å². The standard InChI is InChI=1S/C13H10Cl2N4OS/c1-7(12-18-17-10-4-2-3-5-19(10)12)16-13(20)8-6-9(14)21-11(8)15/h2-7H,1H3,(H,16,20). The van der Waals surface area contributed by atoms with Crippen LogP contribution >= 0.6 is 34.5 Å². The maximum Gasteiger partial charge on any atom is 0.254 e. The fourth-order valence-electron chi connectivity index (χ4n) is 1.99. The Bertz CT molecular complexity index is 813. The zero-order chi connectivity index (χ0) is 15.0. The summed E-state index contributed by atoms with van der Waals surface area (Å²) in [5.41, 5.74) is 1.09. The van der Waals surface area contributed by atoms with E-state index in [0.29, 0.717) is 20.1 Å². The number of thiophene rings is 1. The lowest BCUT2D eigenvalue weighted by Crippen LogP contribution is -2.27. The van der Waals surface area contributed by atoms with Crippen molar-refractivity contribution in [2.75, 3.05) is 0 Å². The van der Waals surface area contributed by atoms with Crippen molar-refractivity contribution in [3.8, 4) is 0 Å². The van der Waals surface area contributed by atoms with Crippen molar-refractivity contribution in [3.63, 3.8) is 0 Å². The predicted octanol–water partition coefficient (Wildman–Crippen LogP) is 3.59. The molecule has 1 atom stereocenters. The minimum absolute atomic E-state index is 0.289. The number of carbonyl (C=O) groups is 1. The highest BCUT2D eigenvalue weighted by molar-refractivity contribution is 7.20. The van der Waals surface area contributed by atoms with E-state index in [1.165, 1.54) is 0 Å². The Balaban J connectivity index is 1.84. The second kappa shape index (κ2) is 5.63. The highest BCUT2D eigenvalue weighted by Gasteiger charge is 2.19. The molecule has 0 fully saturated rings. The molecule has 0 saturated heterocycles. The Hall–Kier alpha value is -1.63. The van der Waals surface area contributed by atoms with Crippen LogP contribution in [0.25, 0.3) is 5.65 Å². The van der Waals surface area contributed by atoms with Crippen molar-refractivity contribution in [2.45, 2.75) is 13.0 Å². The van der Waals surface area contributed by atoms with Crippen LogP contribution < -0.4 is 5.32 Å². The van der Waals surface area contributed by atoms with Crippen molar-refractivity contribution in [1.82, 2.24) is 19.9 Å². The van der Waals surface area contributed by atoms with E-state index in [2.05, 4.69) is 15.5 Å². The van der Waals surface area contributed by atoms with Gasteiger partial charge in [-0.15, -0.1) is 21.5 Å². The quantitative estimate of drug-likeness (QED) is 0.792. The van der Waals surface area contributed by atoms with Crippen LogP contribution in [-0.4, -0.2) is 20.5 Å². The van der Waals surface area contributed by atoms with Crippen molar-refractivity contribution < 1.29 is 4.79 Å². The van der Waals surface area contributed by atoms with Gasteiger partial charge in [0.15, 0.2) is 11.5 Å². The summed E-state index contributed by atoms with van der Waals surface area (Å²) in [5.74, 6) is 0.361. The maximum absolute atomic E-state index is 12.2. The van der Waals surface area contributed by atoms with Crippen LogP contribution in [0.1, 0.15) is 29.1 Å². The number of nitrogens with one attached hydrogen (secondary N) is 1. The average molecular weight is 341 g/mol. The Labute approximate surface area is 134 Å². The van der Waals surface area contributed by atoms with Crippen molar-refractivity contribution in [3.05, 3.63) is 50.5 Å². The lowest BCUT2D eigenvalue weighted by molar-refractivity contribution is 0.0938. The topological polar surface area (TPSA) is 59.3 Å². The first kappa shape index (κ1) is 14.3. The van der Waals surface area contributed by atoms with Gasteiger partial charge in [-0.1, -0.05) is 29.3 Å². The van der Waals surface area contributed by atoms with E-state index in [4.69, 9.17) is 23.2 Å². The first-order valence-electron chi connectivity index (χ1n) is 6.11. The van der Waals surface area contributed by atoms with Crippen LogP contribution in [0, 0.1) is 0 Å². The SMILES string of the molecule is CC(NC(=O)c1cc(Cl)sc1Cl)c1nnc2ccccn12. The third-order valence-corrected chi connectivity index (χ3v) is 4.46. The van der Waals surface area contributed by atoms with E-state index in [9.17, 15) is 4.79 Å². The van der Waals surface area contributed by atoms with E-state index in [1.807, 2.05) is 35.7 Å². The van der Waals surface area contributed by atoms with E-state index in [0.717, 1.165) is 17.0 Å². The van der Waals surface area contributed by atoms with Gasteiger partial charge in [-0.2, -0.15) is 0 Å². The summed E-state index contributed by atoms with van der Waals surface area (Å²) in [7, 11) is 0. The molecule has 8 heteroatoms. The molecule has 1 amide bonds. The number of hydrogen-bond acceptors (Lipinski definition) is 4. The Kier molecular flexibility index (Phi) is 3.84. The Morgan fingerprint density at radius 1 is 1.38 bits per heavy atom. The molecule has 0 aliphatic rings. The molecule has 21 heavy (non-hydrogen) atoms. The zero-order valence-electron chi connectivity index (χ0n) is 10.9. The fourth-order valence-corrected chi connectivity index (χ4v) is 3.45. The molecule has 1 N–H and O–H groups in total. The van der Waals surface area contributed by atoms with Crippen LogP contribution in [0.2, 0.25) is 8.67 Å². The fraction of sp³-hybridized carbons (Fsp3) is 0.154. The number of amides is 1. The molecule has 3 aromatic rings. The van der Waals surface area contributed by atoms with Gasteiger partial charge in [-0.25, -0.2) is 0 Å². The summed E-state index contributed by atoms with van der Waals surface area (Å²) in [6.45, 7) is 1.84. The molecule has 0 radical (unpaired) electrons. The van der Waals surface area contributed by atoms with Gasteiger partial charge < -0.3 is 5.32 Å². The number of nitrogens with zero attached hydrogens (tertiary/aromatic N) is 3. The molecule has 0 aliphatic carbocycles. The Morgan fingerprint density at radius 2 is 2.19 bits per heavy atom. The minimum atomic E-state index is -0.315. The van der Waals surface area contributed by atoms with Crippen LogP contribution in [0.15, 0.2) is 30.5 Å². The number of carbonyl (C=O) groups excluding carboxylic acids is 1. The number of rotatable bonds is 3. The Morgan fingerprint density at radius 3 is 2.90 bits per heavy atom. The molecule has 108 valence electrons. The van der Waals surface area contributed by atoms with Gasteiger partial charge in [0.2, 0.25) is 0 Å². The van der Waals surface area contributed by atoms with Crippen LogP contribution in [-0.2, 0) is 0 Å². The van der Waals surface area contributed by atoms with E-state index in [-0.39, 0.29) is 11.9 Å². The number of fused-ring (bicyclic) bond motifs is 1. The molecular weight excluding hydrogens is 331 g/mol. The van der Waals surface area contributed by atoms with Gasteiger partial charge in [-0.3, -0.25) is 9.20 Å². The minimum Gasteiger partial charge on any atom is -0.342 e. The van der Waals surface area contributed by atoms with Gasteiger partial charge >= 0.3 is 0 Å². The largest absolute Gasteiger partial charge is 0.342 e. The molecule has 0 saturated carbocycles. The van der Waals surface area contributed by atoms with Crippen molar-refractivity contribution in [1.29, 1.82) is 0 Å². The normalized spacial score (nSPS) is 12.5. The van der Waals surface area contributed by atoms with Crippen LogP contribution in [0.5, 0.6) is 0 Å². The van der Waals surface area contributed by atoms with Gasteiger partial charge in [0, 0.05) is 6.20 Å². The zero-order valence-corrected chi connectivity index (χ0v) is 13.2. The molecular formula is C13H10Cl2N4OS. The van der Waals surface area contributed by atoms with Crippen LogP contribution in [0.3, 0.4) is 0 Å². The van der Waals surface area contributed by atoms with E-state index < -0.39 is 0 Å². The second-order valence-corrected chi connectivity index (χ2v) is 6.71. The number of pyridine rings is 1. The molecule has 1 unspecified atom stereocenters. The molecule has 3 heterocycles. The summed E-state index contributed by atoms with van der Waals surface area (Å²) in [6.07, 6.45) is 1.85. The smallest absolute Gasteiger partial charge is 0.254 e. The molecule has 3 aromatic heterocycles. The molecule has 0 bridgehead atoms. The first-order chi connectivity index (χ1) is 10.1. The molecule has 3 rings (SSSR count). The van der Waals surface area contributed by atoms with Gasteiger partial charge in [0.25, 0.3) is 5.91 Å². The van der Waals surface area contributed by atoms with Crippen molar-refractivity contribution >= 4 is 46.1 Å². The average Bonchev–Trinajstić information content (AvgIpc) is 3.01. The third kappa shape index (κ3) is 2.74. The molecule has 5 nitrogen and oxygen atoms in total. The molecule has 0 aliphatic heterocycles. The lowest BCUT2D eigenvalue weighted by atomic mass is 10.2. The lowest BCUT2D eigenvalue weighted by Gasteiger charge is -2.11. The summed E-state index contributed by atoms with van der Waals surface area (Å²) in [6, 6.07) is 6.84. The van der Waals surface area contributed by atoms with Crippen LogP contribution in [0.4, 0.5) is 0 Å². The van der Waals surface area contributed by atoms with Gasteiger partial charge in [0.05, 0.1) is 15.9 Å². The molecule has 0 spiro atoms. The predicted molar refractivity (Wildman–Crippen MR) is 83.2 cm³/mol. The van der Waals surface area contributed by atoms with Crippen molar-refractivity contribution in [2.24, 2.45) is 0 Å². The highest BCUT2D eigenvalue weighted by atomic mass is 35.5. The second-order valence-electron chi connectivity index (χ2n) is 4.42. The van der Waals surface area contributed by atoms with Gasteiger partial charge in [-0.05, 0) is 25.1 Å². The number of aromatic nitrogens is 3. The molecule has 0 aromatic carbocycles. The third-order valence-electron chi connectivity index (χ3n) is 2.98. The summed E-state index contributed by atoms with van der Waals surface area (Å²) >= 11 is 13.0. The highest BCUT2D eigenvalue weighted by Crippen LogP contribution is 2.31. The summed E-state index contributed by atoms with van der Waals surface area (Å²) < 4.78 is 2.68. The first-order valence-corrected chi connectivity index (χ1v) is 7.69. The number of halogens is 2. The number of hydrogen-bond donors (Lipinski definition) is 1. The van der Waals surface area contributed by atoms with Gasteiger partial charge in [0.1, 0.15) is 4.34 Å². The summed E-state index contributed by atoms with van der Waals surface area (Å²) in [4.78, 5) is 12.2.